The molecule has 2 N–H and O–H groups in total. The van der Waals surface area contributed by atoms with E-state index < -0.39 is 0 Å². The molecule has 7 heteroatoms. The van der Waals surface area contributed by atoms with Gasteiger partial charge in [0.15, 0.2) is 0 Å². The number of H-pyrrole nitrogens is 1. The van der Waals surface area contributed by atoms with Crippen molar-refractivity contribution in [2.24, 2.45) is 0 Å². The molecule has 134 valence electrons. The number of carbonyl (C=O) groups excluding carboxylic acids is 1. The van der Waals surface area contributed by atoms with Crippen LogP contribution in [0.1, 0.15) is 17.4 Å². The average Bonchev–Trinajstić information content (AvgIpc) is 3.17. The molecule has 26 heavy (non-hydrogen) atoms. The van der Waals surface area contributed by atoms with Gasteiger partial charge in [-0.15, -0.1) is 0 Å². The summed E-state index contributed by atoms with van der Waals surface area (Å²) in [5.74, 6) is -0.232. The summed E-state index contributed by atoms with van der Waals surface area (Å²) in [4.78, 5) is 28.7. The van der Waals surface area contributed by atoms with Crippen LogP contribution in [0.4, 0.5) is 11.4 Å². The highest BCUT2D eigenvalue weighted by Gasteiger charge is 2.17. The number of fused-ring (bicyclic) bond motifs is 1. The van der Waals surface area contributed by atoms with Gasteiger partial charge in [-0.05, 0) is 30.8 Å². The van der Waals surface area contributed by atoms with Crippen LogP contribution in [0.3, 0.4) is 0 Å². The molecule has 0 atom stereocenters. The first-order chi connectivity index (χ1) is 12.7. The molecule has 0 unspecified atom stereocenters. The van der Waals surface area contributed by atoms with E-state index in [1.54, 1.807) is 6.20 Å². The molecule has 3 aromatic rings. The van der Waals surface area contributed by atoms with Crippen LogP contribution in [0.25, 0.3) is 11.0 Å². The Bertz CT molecular complexity index is 913. The highest BCUT2D eigenvalue weighted by molar-refractivity contribution is 6.10. The van der Waals surface area contributed by atoms with Crippen LogP contribution in [0.5, 0.6) is 0 Å². The van der Waals surface area contributed by atoms with Crippen LogP contribution < -0.4 is 10.2 Å². The molecule has 0 aliphatic carbocycles. The number of anilines is 2. The Morgan fingerprint density at radius 2 is 2.04 bits per heavy atom. The molecule has 1 saturated heterocycles. The summed E-state index contributed by atoms with van der Waals surface area (Å²) in [7, 11) is 0. The second kappa shape index (κ2) is 7.13. The number of rotatable bonds is 4. The van der Waals surface area contributed by atoms with Gasteiger partial charge in [0, 0.05) is 43.8 Å². The van der Waals surface area contributed by atoms with E-state index in [1.165, 1.54) is 6.33 Å². The van der Waals surface area contributed by atoms with Gasteiger partial charge in [0.1, 0.15) is 17.7 Å². The maximum absolute atomic E-state index is 12.7. The smallest absolute Gasteiger partial charge is 0.275 e. The number of benzene rings is 1. The van der Waals surface area contributed by atoms with E-state index in [0.717, 1.165) is 49.5 Å². The van der Waals surface area contributed by atoms with E-state index in [9.17, 15) is 4.79 Å². The number of nitrogens with zero attached hydrogens (tertiary/aromatic N) is 4. The van der Waals surface area contributed by atoms with E-state index in [-0.39, 0.29) is 5.91 Å². The molecule has 1 amide bonds. The summed E-state index contributed by atoms with van der Waals surface area (Å²) in [6.45, 7) is 7.43. The van der Waals surface area contributed by atoms with Crippen LogP contribution in [0, 0.1) is 0 Å². The number of amides is 1. The molecule has 0 radical (unpaired) electrons. The van der Waals surface area contributed by atoms with E-state index in [4.69, 9.17) is 0 Å². The molecule has 1 fully saturated rings. The molecular weight excluding hydrogens is 328 g/mol. The van der Waals surface area contributed by atoms with Crippen molar-refractivity contribution in [3.05, 3.63) is 48.5 Å². The van der Waals surface area contributed by atoms with Gasteiger partial charge in [-0.3, -0.25) is 4.79 Å². The maximum atomic E-state index is 12.7. The van der Waals surface area contributed by atoms with Crippen molar-refractivity contribution < 1.29 is 4.79 Å². The first-order valence-electron chi connectivity index (χ1n) is 8.91. The van der Waals surface area contributed by atoms with Gasteiger partial charge >= 0.3 is 0 Å². The predicted octanol–water partition coefficient (Wildman–Crippen LogP) is 2.35. The summed E-state index contributed by atoms with van der Waals surface area (Å²) < 4.78 is 0. The quantitative estimate of drug-likeness (QED) is 0.755. The summed E-state index contributed by atoms with van der Waals surface area (Å²) in [6, 6.07) is 9.80. The number of hydrogen-bond acceptors (Lipinski definition) is 5. The summed E-state index contributed by atoms with van der Waals surface area (Å²) in [5, 5.41) is 3.68. The van der Waals surface area contributed by atoms with Gasteiger partial charge in [0.05, 0.1) is 5.39 Å². The molecule has 1 aliphatic heterocycles. The van der Waals surface area contributed by atoms with Crippen LogP contribution in [0.2, 0.25) is 0 Å². The van der Waals surface area contributed by atoms with Gasteiger partial charge in [0.2, 0.25) is 0 Å². The van der Waals surface area contributed by atoms with Crippen molar-refractivity contribution in [3.63, 3.8) is 0 Å². The van der Waals surface area contributed by atoms with Crippen molar-refractivity contribution in [2.45, 2.75) is 6.92 Å². The van der Waals surface area contributed by atoms with Crippen molar-refractivity contribution in [1.29, 1.82) is 0 Å². The number of carbonyl (C=O) groups is 1. The van der Waals surface area contributed by atoms with Crippen LogP contribution >= 0.6 is 0 Å². The maximum Gasteiger partial charge on any atom is 0.275 e. The fourth-order valence-electron chi connectivity index (χ4n) is 3.35. The van der Waals surface area contributed by atoms with Gasteiger partial charge in [0.25, 0.3) is 5.91 Å². The third-order valence-electron chi connectivity index (χ3n) is 4.86. The minimum absolute atomic E-state index is 0.232. The van der Waals surface area contributed by atoms with Crippen LogP contribution in [-0.2, 0) is 0 Å². The number of aromatic nitrogens is 3. The average molecular weight is 350 g/mol. The van der Waals surface area contributed by atoms with Crippen LogP contribution in [-0.4, -0.2) is 58.5 Å². The highest BCUT2D eigenvalue weighted by Crippen LogP contribution is 2.22. The predicted molar refractivity (Wildman–Crippen MR) is 103 cm³/mol. The zero-order valence-electron chi connectivity index (χ0n) is 14.8. The van der Waals surface area contributed by atoms with E-state index >= 15 is 0 Å². The first-order valence-corrected chi connectivity index (χ1v) is 8.91. The Labute approximate surface area is 152 Å². The molecule has 2 aromatic heterocycles. The third-order valence-corrected chi connectivity index (χ3v) is 4.86. The number of piperazine rings is 1. The van der Waals surface area contributed by atoms with Crippen LogP contribution in [0.15, 0.2) is 42.9 Å². The minimum atomic E-state index is -0.232. The van der Waals surface area contributed by atoms with Gasteiger partial charge in [-0.25, -0.2) is 9.97 Å². The van der Waals surface area contributed by atoms with E-state index in [0.29, 0.717) is 11.3 Å². The Morgan fingerprint density at radius 1 is 1.19 bits per heavy atom. The second-order valence-electron chi connectivity index (χ2n) is 6.39. The van der Waals surface area contributed by atoms with Gasteiger partial charge < -0.3 is 20.1 Å². The third kappa shape index (κ3) is 3.25. The molecule has 1 aromatic carbocycles. The molecule has 3 heterocycles. The Morgan fingerprint density at radius 3 is 2.85 bits per heavy atom. The van der Waals surface area contributed by atoms with E-state index in [1.807, 2.05) is 24.3 Å². The lowest BCUT2D eigenvalue weighted by Gasteiger charge is -2.35. The fourth-order valence-corrected chi connectivity index (χ4v) is 3.35. The van der Waals surface area contributed by atoms with Crippen molar-refractivity contribution in [3.8, 4) is 0 Å². The standard InChI is InChI=1S/C19H22N6O/c1-2-24-8-10-25(11-9-24)15-5-3-4-14(12-15)23-19(26)17-16-6-7-20-18(16)22-13-21-17/h3-7,12-13H,2,8-11H2,1H3,(H,23,26)(H,20,21,22). The van der Waals surface area contributed by atoms with Gasteiger partial charge in [-0.1, -0.05) is 13.0 Å². The van der Waals surface area contributed by atoms with Crippen molar-refractivity contribution >= 4 is 28.3 Å². The SMILES string of the molecule is CCN1CCN(c2cccc(NC(=O)c3ncnc4[nH]ccc34)c2)CC1. The molecule has 4 rings (SSSR count). The fraction of sp³-hybridized carbons (Fsp3) is 0.316. The Balaban J connectivity index is 1.50. The van der Waals surface area contributed by atoms with E-state index in [2.05, 4.69) is 43.1 Å². The molecule has 7 nitrogen and oxygen atoms in total. The normalized spacial score (nSPS) is 15.3. The first kappa shape index (κ1) is 16.5. The number of likely N-dealkylation sites (N-methyl/N-ethyl adjacent to an activating group) is 1. The Kier molecular flexibility index (Phi) is 4.53. The second-order valence-corrected chi connectivity index (χ2v) is 6.39. The zero-order chi connectivity index (χ0) is 17.9. The topological polar surface area (TPSA) is 77.2 Å². The zero-order valence-corrected chi connectivity index (χ0v) is 14.8. The summed E-state index contributed by atoms with van der Waals surface area (Å²) in [5.41, 5.74) is 2.94. The molecule has 0 saturated carbocycles. The van der Waals surface area contributed by atoms with Crippen molar-refractivity contribution in [2.75, 3.05) is 42.9 Å². The molecule has 0 spiro atoms. The van der Waals surface area contributed by atoms with Gasteiger partial charge in [-0.2, -0.15) is 0 Å². The number of aromatic amines is 1. The number of nitrogens with one attached hydrogen (secondary N) is 2. The molecular formula is C19H22N6O. The molecule has 1 aliphatic rings. The largest absolute Gasteiger partial charge is 0.369 e. The minimum Gasteiger partial charge on any atom is -0.369 e. The highest BCUT2D eigenvalue weighted by atomic mass is 16.1. The summed E-state index contributed by atoms with van der Waals surface area (Å²) >= 11 is 0. The monoisotopic (exact) mass is 350 g/mol. The molecule has 0 bridgehead atoms. The lowest BCUT2D eigenvalue weighted by molar-refractivity contribution is 0.102. The Hall–Kier alpha value is -2.93. The lowest BCUT2D eigenvalue weighted by atomic mass is 10.2. The van der Waals surface area contributed by atoms with Crippen molar-refractivity contribution in [1.82, 2.24) is 19.9 Å². The number of hydrogen-bond donors (Lipinski definition) is 2. The lowest BCUT2D eigenvalue weighted by Crippen LogP contribution is -2.46. The summed E-state index contributed by atoms with van der Waals surface area (Å²) in [6.07, 6.45) is 3.16.